The Morgan fingerprint density at radius 1 is 1.19 bits per heavy atom. The van der Waals surface area contributed by atoms with E-state index in [-0.39, 0.29) is 23.0 Å². The van der Waals surface area contributed by atoms with Gasteiger partial charge in [0.1, 0.15) is 17.0 Å². The Balaban J connectivity index is 1.70. The summed E-state index contributed by atoms with van der Waals surface area (Å²) in [7, 11) is 4.24. The second-order valence-corrected chi connectivity index (χ2v) is 8.98. The van der Waals surface area contributed by atoms with Crippen molar-refractivity contribution in [3.8, 4) is 11.3 Å². The Kier molecular flexibility index (Phi) is 6.10. The van der Waals surface area contributed by atoms with Gasteiger partial charge in [0.15, 0.2) is 5.65 Å². The lowest BCUT2D eigenvalue weighted by atomic mass is 9.91. The topological polar surface area (TPSA) is 102 Å². The van der Waals surface area contributed by atoms with E-state index in [1.807, 2.05) is 13.8 Å². The normalized spacial score (nSPS) is 19.1. The second-order valence-electron chi connectivity index (χ2n) is 8.98. The van der Waals surface area contributed by atoms with Gasteiger partial charge in [-0.3, -0.25) is 9.36 Å². The van der Waals surface area contributed by atoms with Crippen molar-refractivity contribution < 1.29 is 4.39 Å². The zero-order valence-corrected chi connectivity index (χ0v) is 19.0. The van der Waals surface area contributed by atoms with Crippen molar-refractivity contribution in [3.63, 3.8) is 0 Å². The third kappa shape index (κ3) is 4.29. The number of nitrogens with one attached hydrogen (secondary N) is 1. The molecule has 1 aliphatic carbocycles. The molecule has 0 bridgehead atoms. The highest BCUT2D eigenvalue weighted by atomic mass is 19.1. The Labute approximate surface area is 186 Å². The van der Waals surface area contributed by atoms with Crippen LogP contribution in [0.15, 0.2) is 29.2 Å². The lowest BCUT2D eigenvalue weighted by Crippen LogP contribution is -2.36. The molecule has 4 rings (SSSR count). The Hall–Kier alpha value is -3.07. The van der Waals surface area contributed by atoms with Crippen LogP contribution < -0.4 is 16.6 Å². The summed E-state index contributed by atoms with van der Waals surface area (Å²) < 4.78 is 15.6. The monoisotopic (exact) mass is 439 g/mol. The average molecular weight is 440 g/mol. The molecule has 9 heteroatoms. The fourth-order valence-corrected chi connectivity index (χ4v) is 4.33. The average Bonchev–Trinajstić information content (AvgIpc) is 2.75. The molecule has 2 heterocycles. The first-order chi connectivity index (χ1) is 15.2. The third-order valence-electron chi connectivity index (χ3n) is 6.18. The molecule has 1 aromatic carbocycles. The molecule has 3 aromatic rings. The molecule has 0 spiro atoms. The maximum atomic E-state index is 14.0. The first-order valence-corrected chi connectivity index (χ1v) is 11.0. The fourth-order valence-electron chi connectivity index (χ4n) is 4.33. The molecule has 32 heavy (non-hydrogen) atoms. The summed E-state index contributed by atoms with van der Waals surface area (Å²) in [6.45, 7) is 3.82. The number of nitrogens with two attached hydrogens (primary N) is 1. The molecule has 1 aliphatic rings. The molecule has 8 nitrogen and oxygen atoms in total. The number of rotatable bonds is 5. The SMILES string of the molecule is CC(C)n1c(=O)c(-c2ccc(N)c(F)c2)nc2cnc(NC3CCC(N(C)C)CC3)nc21. The summed E-state index contributed by atoms with van der Waals surface area (Å²) in [5.41, 5.74) is 6.74. The molecule has 2 aromatic heterocycles. The van der Waals surface area contributed by atoms with E-state index in [0.717, 1.165) is 25.7 Å². The van der Waals surface area contributed by atoms with Gasteiger partial charge in [-0.1, -0.05) is 6.07 Å². The molecule has 1 fully saturated rings. The molecule has 0 saturated heterocycles. The lowest BCUT2D eigenvalue weighted by Gasteiger charge is -2.32. The van der Waals surface area contributed by atoms with Crippen LogP contribution in [0.4, 0.5) is 16.0 Å². The van der Waals surface area contributed by atoms with Crippen molar-refractivity contribution in [2.75, 3.05) is 25.1 Å². The van der Waals surface area contributed by atoms with Crippen LogP contribution in [0.2, 0.25) is 0 Å². The smallest absolute Gasteiger partial charge is 0.278 e. The van der Waals surface area contributed by atoms with Gasteiger partial charge in [-0.25, -0.2) is 14.4 Å². The fraction of sp³-hybridized carbons (Fsp3) is 0.478. The van der Waals surface area contributed by atoms with Crippen LogP contribution in [0.1, 0.15) is 45.6 Å². The van der Waals surface area contributed by atoms with E-state index in [1.165, 1.54) is 12.1 Å². The number of halogens is 1. The molecule has 0 atom stereocenters. The van der Waals surface area contributed by atoms with E-state index in [0.29, 0.717) is 34.8 Å². The maximum Gasteiger partial charge on any atom is 0.278 e. The molecular formula is C23H30FN7O. The Bertz CT molecular complexity index is 1180. The van der Waals surface area contributed by atoms with E-state index >= 15 is 0 Å². The minimum absolute atomic E-state index is 0.0254. The predicted octanol–water partition coefficient (Wildman–Crippen LogP) is 3.44. The Morgan fingerprint density at radius 2 is 1.91 bits per heavy atom. The minimum Gasteiger partial charge on any atom is -0.396 e. The zero-order valence-electron chi connectivity index (χ0n) is 19.0. The molecule has 1 saturated carbocycles. The molecule has 0 radical (unpaired) electrons. The van der Waals surface area contributed by atoms with Crippen molar-refractivity contribution in [1.82, 2.24) is 24.4 Å². The van der Waals surface area contributed by atoms with E-state index in [2.05, 4.69) is 39.3 Å². The summed E-state index contributed by atoms with van der Waals surface area (Å²) in [5.74, 6) is -0.0904. The molecule has 0 aliphatic heterocycles. The van der Waals surface area contributed by atoms with Gasteiger partial charge in [0.25, 0.3) is 5.56 Å². The molecule has 170 valence electrons. The van der Waals surface area contributed by atoms with Crippen molar-refractivity contribution in [1.29, 1.82) is 0 Å². The highest BCUT2D eigenvalue weighted by Crippen LogP contribution is 2.25. The van der Waals surface area contributed by atoms with Crippen LogP contribution in [-0.2, 0) is 0 Å². The van der Waals surface area contributed by atoms with E-state index < -0.39 is 5.82 Å². The summed E-state index contributed by atoms with van der Waals surface area (Å²) in [6.07, 6.45) is 5.95. The number of nitrogen functional groups attached to an aromatic ring is 1. The summed E-state index contributed by atoms with van der Waals surface area (Å²) in [6, 6.07) is 5.01. The van der Waals surface area contributed by atoms with Crippen molar-refractivity contribution >= 4 is 22.8 Å². The Morgan fingerprint density at radius 3 is 2.53 bits per heavy atom. The molecule has 3 N–H and O–H groups in total. The lowest BCUT2D eigenvalue weighted by molar-refractivity contribution is 0.221. The highest BCUT2D eigenvalue weighted by molar-refractivity contribution is 5.75. The zero-order chi connectivity index (χ0) is 23.0. The van der Waals surface area contributed by atoms with Gasteiger partial charge >= 0.3 is 0 Å². The summed E-state index contributed by atoms with van der Waals surface area (Å²) >= 11 is 0. The summed E-state index contributed by atoms with van der Waals surface area (Å²) in [5, 5.41) is 3.43. The van der Waals surface area contributed by atoms with Gasteiger partial charge in [-0.15, -0.1) is 0 Å². The first kappa shape index (κ1) is 22.1. The molecular weight excluding hydrogens is 409 g/mol. The van der Waals surface area contributed by atoms with Gasteiger partial charge in [0.2, 0.25) is 5.95 Å². The largest absolute Gasteiger partial charge is 0.396 e. The number of fused-ring (bicyclic) bond motifs is 1. The van der Waals surface area contributed by atoms with Crippen LogP contribution in [0.25, 0.3) is 22.4 Å². The van der Waals surface area contributed by atoms with Crippen LogP contribution in [-0.4, -0.2) is 50.6 Å². The van der Waals surface area contributed by atoms with E-state index in [4.69, 9.17) is 5.73 Å². The van der Waals surface area contributed by atoms with Crippen molar-refractivity contribution in [2.45, 2.75) is 57.7 Å². The molecule has 0 unspecified atom stereocenters. The number of benzene rings is 1. The van der Waals surface area contributed by atoms with Crippen LogP contribution >= 0.6 is 0 Å². The van der Waals surface area contributed by atoms with Crippen LogP contribution in [0, 0.1) is 5.82 Å². The standard InChI is InChI=1S/C23H30FN7O/c1-13(2)31-21-19(28-20(22(31)32)14-5-10-18(25)17(24)11-14)12-26-23(29-21)27-15-6-8-16(9-7-15)30(3)4/h5,10-13,15-16H,6-9,25H2,1-4H3,(H,26,27,29). The first-order valence-electron chi connectivity index (χ1n) is 11.0. The third-order valence-corrected chi connectivity index (χ3v) is 6.18. The number of hydrogen-bond donors (Lipinski definition) is 2. The van der Waals surface area contributed by atoms with E-state index in [9.17, 15) is 9.18 Å². The van der Waals surface area contributed by atoms with Gasteiger partial charge in [-0.05, 0) is 65.8 Å². The predicted molar refractivity (Wildman–Crippen MR) is 125 cm³/mol. The van der Waals surface area contributed by atoms with Crippen LogP contribution in [0.3, 0.4) is 0 Å². The second kappa shape index (κ2) is 8.82. The summed E-state index contributed by atoms with van der Waals surface area (Å²) in [4.78, 5) is 29.1. The number of hydrogen-bond acceptors (Lipinski definition) is 7. The van der Waals surface area contributed by atoms with E-state index in [1.54, 1.807) is 16.8 Å². The number of aromatic nitrogens is 4. The van der Waals surface area contributed by atoms with Gasteiger partial charge < -0.3 is 16.0 Å². The maximum absolute atomic E-state index is 14.0. The van der Waals surface area contributed by atoms with Gasteiger partial charge in [0.05, 0.1) is 11.9 Å². The van der Waals surface area contributed by atoms with Crippen LogP contribution in [0.5, 0.6) is 0 Å². The van der Waals surface area contributed by atoms with Crippen molar-refractivity contribution in [3.05, 3.63) is 40.6 Å². The highest BCUT2D eigenvalue weighted by Gasteiger charge is 2.23. The van der Waals surface area contributed by atoms with Gasteiger partial charge in [-0.2, -0.15) is 4.98 Å². The quantitative estimate of drug-likeness (QED) is 0.587. The number of nitrogens with zero attached hydrogens (tertiary/aromatic N) is 5. The minimum atomic E-state index is -0.584. The van der Waals surface area contributed by atoms with Gasteiger partial charge in [0, 0.05) is 23.7 Å². The number of anilines is 2. The molecule has 0 amide bonds. The van der Waals surface area contributed by atoms with Crippen molar-refractivity contribution in [2.24, 2.45) is 0 Å².